The molecule has 0 unspecified atom stereocenters. The molecule has 0 aliphatic heterocycles. The number of aliphatic hydroxyl groups is 1. The number of hydrogen-bond donors (Lipinski definition) is 1. The van der Waals surface area contributed by atoms with E-state index in [0.717, 1.165) is 27.8 Å². The molecule has 0 amide bonds. The van der Waals surface area contributed by atoms with Crippen LogP contribution in [-0.2, 0) is 10.8 Å². The van der Waals surface area contributed by atoms with E-state index in [1.165, 1.54) is 11.1 Å². The minimum absolute atomic E-state index is 0. The van der Waals surface area contributed by atoms with Gasteiger partial charge in [0, 0.05) is 35.1 Å². The summed E-state index contributed by atoms with van der Waals surface area (Å²) in [6.45, 7) is 14.0. The number of carbonyl (C=O) groups is 2. The second kappa shape index (κ2) is 17.8. The molecule has 0 radical (unpaired) electrons. The summed E-state index contributed by atoms with van der Waals surface area (Å²) in [5, 5.41) is 7.57. The molecule has 0 aromatic heterocycles. The van der Waals surface area contributed by atoms with Crippen molar-refractivity contribution >= 4 is 23.7 Å². The fourth-order valence-electron chi connectivity index (χ4n) is 5.26. The summed E-state index contributed by atoms with van der Waals surface area (Å²) in [4.78, 5) is 24.0. The van der Waals surface area contributed by atoms with E-state index < -0.39 is 0 Å². The summed E-state index contributed by atoms with van der Waals surface area (Å²) in [6, 6.07) is 35.9. The van der Waals surface area contributed by atoms with Gasteiger partial charge in [0.2, 0.25) is 0 Å². The first-order valence-corrected chi connectivity index (χ1v) is 14.4. The van der Waals surface area contributed by atoms with Crippen LogP contribution in [0.5, 0.6) is 0 Å². The van der Waals surface area contributed by atoms with E-state index in [1.807, 2.05) is 109 Å². The van der Waals surface area contributed by atoms with Gasteiger partial charge in [-0.1, -0.05) is 150 Å². The maximum atomic E-state index is 12.5. The molecule has 44 heavy (non-hydrogen) atoms. The monoisotopic (exact) mass is 598 g/mol. The van der Waals surface area contributed by atoms with Crippen molar-refractivity contribution in [2.45, 2.75) is 51.9 Å². The number of benzene rings is 4. The largest absolute Gasteiger partial charge is 1.00 e. The predicted molar refractivity (Wildman–Crippen MR) is 178 cm³/mol. The third-order valence-electron chi connectivity index (χ3n) is 7.47. The standard InChI is InChI=1S/C18H16O.C11H12O.C8H8.C2H6O.Na.H2O/c1-18(2)15-11-7-6-10-14(15)17(19)16(18)12-13-8-4-3-5-9-13;1-11(2)7-10(12)8-5-3-4-6-9(8)11;1-2-8-6-4-3-5-7-8;1-2-3;;/h3-12H,1-2H3;3-6H,7H2,1-2H3;2-7H,1H2;3H,2H2,1H3;;1H2/q;;;;+1;/p-1/b16-12-;;;;;. The molecule has 0 atom stereocenters. The zero-order valence-electron chi connectivity index (χ0n) is 26.9. The van der Waals surface area contributed by atoms with Crippen molar-refractivity contribution in [3.63, 3.8) is 0 Å². The summed E-state index contributed by atoms with van der Waals surface area (Å²) in [6.07, 6.45) is 4.51. The molecular weight excluding hydrogens is 555 g/mol. The fraction of sp³-hybridized carbons (Fsp3) is 0.231. The molecule has 2 aliphatic rings. The van der Waals surface area contributed by atoms with E-state index in [1.54, 1.807) is 6.92 Å². The second-order valence-electron chi connectivity index (χ2n) is 11.4. The van der Waals surface area contributed by atoms with E-state index >= 15 is 0 Å². The van der Waals surface area contributed by atoms with Gasteiger partial charge in [-0.2, -0.15) is 0 Å². The Morgan fingerprint density at radius 2 is 1.14 bits per heavy atom. The predicted octanol–water partition coefficient (Wildman–Crippen LogP) is 5.95. The number of aliphatic hydroxyl groups excluding tert-OH is 1. The van der Waals surface area contributed by atoms with Crippen molar-refractivity contribution < 1.29 is 49.7 Å². The molecule has 0 saturated heterocycles. The molecule has 5 heteroatoms. The van der Waals surface area contributed by atoms with Gasteiger partial charge in [-0.05, 0) is 40.7 Å². The van der Waals surface area contributed by atoms with Crippen molar-refractivity contribution in [1.29, 1.82) is 0 Å². The van der Waals surface area contributed by atoms with Crippen molar-refractivity contribution in [2.24, 2.45) is 0 Å². The van der Waals surface area contributed by atoms with Crippen molar-refractivity contribution in [2.75, 3.05) is 6.61 Å². The Morgan fingerprint density at radius 3 is 1.59 bits per heavy atom. The van der Waals surface area contributed by atoms with Gasteiger partial charge in [-0.15, -0.1) is 0 Å². The first kappa shape index (κ1) is 38.6. The van der Waals surface area contributed by atoms with Gasteiger partial charge in [0.15, 0.2) is 11.6 Å². The van der Waals surface area contributed by atoms with Gasteiger partial charge in [-0.25, -0.2) is 0 Å². The van der Waals surface area contributed by atoms with E-state index in [-0.39, 0.29) is 64.0 Å². The number of hydrogen-bond acceptors (Lipinski definition) is 4. The van der Waals surface area contributed by atoms with Crippen LogP contribution in [0, 0.1) is 0 Å². The third kappa shape index (κ3) is 9.56. The van der Waals surface area contributed by atoms with Crippen LogP contribution in [0.2, 0.25) is 0 Å². The molecule has 0 heterocycles. The Hall–Kier alpha value is -3.38. The van der Waals surface area contributed by atoms with Gasteiger partial charge in [0.05, 0.1) is 0 Å². The molecule has 4 nitrogen and oxygen atoms in total. The quantitative estimate of drug-likeness (QED) is 0.228. The average molecular weight is 599 g/mol. The normalized spacial score (nSPS) is 15.3. The van der Waals surface area contributed by atoms with Crippen molar-refractivity contribution in [3.8, 4) is 0 Å². The topological polar surface area (TPSA) is 84.4 Å². The summed E-state index contributed by atoms with van der Waals surface area (Å²) in [7, 11) is 0. The van der Waals surface area contributed by atoms with E-state index in [9.17, 15) is 9.59 Å². The second-order valence-corrected chi connectivity index (χ2v) is 11.4. The molecule has 0 fully saturated rings. The maximum absolute atomic E-state index is 12.5. The van der Waals surface area contributed by atoms with Crippen LogP contribution in [0.1, 0.15) is 84.0 Å². The van der Waals surface area contributed by atoms with Crippen LogP contribution >= 0.6 is 0 Å². The minimum atomic E-state index is -0.219. The summed E-state index contributed by atoms with van der Waals surface area (Å²) in [5.41, 5.74) is 7.05. The SMILES string of the molecule is C=Cc1ccccc1.CC1(C)/C(=C\c2ccccc2)C(=O)c2ccccc21.CC1(C)CC(=O)c2ccccc21.CCO.[Na+].[OH-]. The Bertz CT molecular complexity index is 1540. The maximum Gasteiger partial charge on any atom is 1.00 e. The average Bonchev–Trinajstić information content (AvgIpc) is 3.35. The van der Waals surface area contributed by atoms with Crippen LogP contribution in [-0.4, -0.2) is 28.8 Å². The first-order valence-electron chi connectivity index (χ1n) is 14.4. The van der Waals surface area contributed by atoms with E-state index in [0.29, 0.717) is 6.42 Å². The number of carbonyl (C=O) groups excluding carboxylic acids is 2. The molecule has 4 aromatic carbocycles. The fourth-order valence-corrected chi connectivity index (χ4v) is 5.26. The van der Waals surface area contributed by atoms with Gasteiger partial charge in [0.1, 0.15) is 0 Å². The Morgan fingerprint density at radius 1 is 0.705 bits per heavy atom. The van der Waals surface area contributed by atoms with E-state index in [2.05, 4.69) is 46.4 Å². The van der Waals surface area contributed by atoms with Gasteiger partial charge in [-0.3, -0.25) is 9.59 Å². The molecule has 6 rings (SSSR count). The van der Waals surface area contributed by atoms with Crippen LogP contribution in [0.3, 0.4) is 0 Å². The number of ketones is 2. The van der Waals surface area contributed by atoms with Crippen LogP contribution < -0.4 is 29.6 Å². The summed E-state index contributed by atoms with van der Waals surface area (Å²) < 4.78 is 0. The summed E-state index contributed by atoms with van der Waals surface area (Å²) in [5.74, 6) is 0.444. The molecule has 2 N–H and O–H groups in total. The number of Topliss-reactive ketones (excluding diaryl/α,β-unsaturated/α-hetero) is 2. The molecular formula is C39H43NaO4. The molecule has 4 aromatic rings. The number of rotatable bonds is 2. The Balaban J connectivity index is 0.000000334. The molecule has 0 saturated carbocycles. The number of fused-ring (bicyclic) bond motifs is 2. The smallest absolute Gasteiger partial charge is 0.870 e. The van der Waals surface area contributed by atoms with E-state index in [4.69, 9.17) is 5.11 Å². The Labute approximate surface area is 285 Å². The van der Waals surface area contributed by atoms with Crippen molar-refractivity contribution in [3.05, 3.63) is 155 Å². The van der Waals surface area contributed by atoms with Gasteiger partial charge < -0.3 is 10.6 Å². The molecule has 0 spiro atoms. The summed E-state index contributed by atoms with van der Waals surface area (Å²) >= 11 is 0. The molecule has 2 aliphatic carbocycles. The van der Waals surface area contributed by atoms with Gasteiger partial charge in [0.25, 0.3) is 0 Å². The minimum Gasteiger partial charge on any atom is -0.870 e. The molecule has 224 valence electrons. The third-order valence-corrected chi connectivity index (χ3v) is 7.47. The van der Waals surface area contributed by atoms with Crippen LogP contribution in [0.25, 0.3) is 12.2 Å². The first-order chi connectivity index (χ1) is 20.1. The van der Waals surface area contributed by atoms with Crippen LogP contribution in [0.15, 0.2) is 121 Å². The van der Waals surface area contributed by atoms with Crippen molar-refractivity contribution in [1.82, 2.24) is 0 Å². The van der Waals surface area contributed by atoms with Gasteiger partial charge >= 0.3 is 29.6 Å². The zero-order chi connectivity index (χ0) is 30.8. The number of allylic oxidation sites excluding steroid dienone is 1. The molecule has 0 bridgehead atoms. The zero-order valence-corrected chi connectivity index (χ0v) is 28.9. The Kier molecular flexibility index (Phi) is 15.6. The van der Waals surface area contributed by atoms with Crippen LogP contribution in [0.4, 0.5) is 0 Å².